The monoisotopic (exact) mass is 301 g/mol. The van der Waals surface area contributed by atoms with Crippen molar-refractivity contribution in [3.8, 4) is 6.07 Å². The molecule has 0 unspecified atom stereocenters. The zero-order chi connectivity index (χ0) is 17.0. The van der Waals surface area contributed by atoms with Crippen molar-refractivity contribution >= 4 is 11.8 Å². The number of hydrogen-bond acceptors (Lipinski definition) is 4. The van der Waals surface area contributed by atoms with E-state index in [1.807, 2.05) is 13.0 Å². The molecule has 118 valence electrons. The van der Waals surface area contributed by atoms with Crippen LogP contribution in [0.4, 0.5) is 0 Å². The Morgan fingerprint density at radius 3 is 2.36 bits per heavy atom. The van der Waals surface area contributed by atoms with Crippen LogP contribution in [-0.4, -0.2) is 17.4 Å². The lowest BCUT2D eigenvalue weighted by Crippen LogP contribution is -2.40. The van der Waals surface area contributed by atoms with Crippen molar-refractivity contribution in [1.29, 1.82) is 5.26 Å². The van der Waals surface area contributed by atoms with E-state index in [1.165, 1.54) is 6.92 Å². The molecule has 0 spiro atoms. The summed E-state index contributed by atoms with van der Waals surface area (Å²) in [6.45, 7) is 8.62. The van der Waals surface area contributed by atoms with E-state index >= 15 is 0 Å². The normalized spacial score (nSPS) is 13.8. The summed E-state index contributed by atoms with van der Waals surface area (Å²) in [5, 5.41) is 9.74. The Bertz CT molecular complexity index is 607. The lowest BCUT2D eigenvalue weighted by Gasteiger charge is -2.29. The van der Waals surface area contributed by atoms with Gasteiger partial charge in [0.05, 0.1) is 6.07 Å². The third-order valence-corrected chi connectivity index (χ3v) is 3.30. The van der Waals surface area contributed by atoms with E-state index in [9.17, 15) is 14.9 Å². The van der Waals surface area contributed by atoms with E-state index in [1.54, 1.807) is 39.0 Å². The highest BCUT2D eigenvalue weighted by molar-refractivity contribution is 5.88. The van der Waals surface area contributed by atoms with Gasteiger partial charge in [0.2, 0.25) is 0 Å². The number of ketones is 1. The van der Waals surface area contributed by atoms with E-state index < -0.39 is 17.0 Å². The van der Waals surface area contributed by atoms with E-state index in [0.29, 0.717) is 5.56 Å². The van der Waals surface area contributed by atoms with E-state index in [2.05, 4.69) is 6.07 Å². The van der Waals surface area contributed by atoms with Gasteiger partial charge in [0.1, 0.15) is 11.4 Å². The van der Waals surface area contributed by atoms with Crippen molar-refractivity contribution in [3.63, 3.8) is 0 Å². The van der Waals surface area contributed by atoms with Gasteiger partial charge in [-0.1, -0.05) is 29.8 Å². The average Bonchev–Trinajstić information content (AvgIpc) is 2.37. The Kier molecular flexibility index (Phi) is 5.48. The molecule has 1 aromatic rings. The van der Waals surface area contributed by atoms with Crippen molar-refractivity contribution < 1.29 is 14.3 Å². The largest absolute Gasteiger partial charge is 0.459 e. The minimum Gasteiger partial charge on any atom is -0.459 e. The second-order valence-electron chi connectivity index (χ2n) is 6.59. The van der Waals surface area contributed by atoms with Crippen LogP contribution >= 0.6 is 0 Å². The summed E-state index contributed by atoms with van der Waals surface area (Å²) in [5.41, 5.74) is -0.626. The number of Topliss-reactive ketones (excluding diaryl/α,β-unsaturated/α-hetero) is 1. The van der Waals surface area contributed by atoms with Gasteiger partial charge in [0, 0.05) is 6.42 Å². The second-order valence-corrected chi connectivity index (χ2v) is 6.59. The Labute approximate surface area is 132 Å². The molecule has 0 aliphatic carbocycles. The van der Waals surface area contributed by atoms with Crippen LogP contribution in [0.1, 0.15) is 51.7 Å². The fourth-order valence-electron chi connectivity index (χ4n) is 2.17. The summed E-state index contributed by atoms with van der Waals surface area (Å²) in [4.78, 5) is 24.0. The smallest absolute Gasteiger partial charge is 0.331 e. The van der Waals surface area contributed by atoms with E-state index in [4.69, 9.17) is 4.74 Å². The molecular formula is C18H23NO3. The lowest BCUT2D eigenvalue weighted by molar-refractivity contribution is -0.160. The number of esters is 1. The molecule has 0 fully saturated rings. The van der Waals surface area contributed by atoms with Crippen LogP contribution < -0.4 is 0 Å². The molecule has 0 aromatic heterocycles. The van der Waals surface area contributed by atoms with Gasteiger partial charge in [0.25, 0.3) is 0 Å². The van der Waals surface area contributed by atoms with Gasteiger partial charge in [-0.05, 0) is 46.6 Å². The van der Waals surface area contributed by atoms with Gasteiger partial charge in [-0.15, -0.1) is 0 Å². The summed E-state index contributed by atoms with van der Waals surface area (Å²) >= 11 is 0. The minimum atomic E-state index is -1.45. The maximum atomic E-state index is 12.7. The zero-order valence-corrected chi connectivity index (χ0v) is 13.9. The van der Waals surface area contributed by atoms with Crippen molar-refractivity contribution in [3.05, 3.63) is 35.4 Å². The number of rotatable bonds is 5. The molecule has 0 radical (unpaired) electrons. The SMILES string of the molecule is CC(=O)CC[C@@](C#N)(C(=O)OC(C)(C)C)c1cccc(C)c1. The number of benzene rings is 1. The highest BCUT2D eigenvalue weighted by atomic mass is 16.6. The third kappa shape index (κ3) is 4.42. The second kappa shape index (κ2) is 6.74. The maximum absolute atomic E-state index is 12.7. The van der Waals surface area contributed by atoms with Crippen LogP contribution in [0.5, 0.6) is 0 Å². The molecule has 4 heteroatoms. The molecule has 0 saturated carbocycles. The fraction of sp³-hybridized carbons (Fsp3) is 0.500. The van der Waals surface area contributed by atoms with Crippen molar-refractivity contribution in [2.45, 2.75) is 58.5 Å². The van der Waals surface area contributed by atoms with E-state index in [0.717, 1.165) is 5.56 Å². The van der Waals surface area contributed by atoms with E-state index in [-0.39, 0.29) is 18.6 Å². The van der Waals surface area contributed by atoms with Crippen molar-refractivity contribution in [2.75, 3.05) is 0 Å². The molecule has 22 heavy (non-hydrogen) atoms. The predicted octanol–water partition coefficient (Wildman–Crippen LogP) is 3.47. The molecule has 0 amide bonds. The van der Waals surface area contributed by atoms with Gasteiger partial charge in [-0.3, -0.25) is 0 Å². The molecule has 4 nitrogen and oxygen atoms in total. The lowest BCUT2D eigenvalue weighted by atomic mass is 9.77. The number of hydrogen-bond donors (Lipinski definition) is 0. The third-order valence-electron chi connectivity index (χ3n) is 3.30. The van der Waals surface area contributed by atoms with Crippen molar-refractivity contribution in [1.82, 2.24) is 0 Å². The number of nitriles is 1. The molecular weight excluding hydrogens is 278 g/mol. The Morgan fingerprint density at radius 1 is 1.27 bits per heavy atom. The number of nitrogens with zero attached hydrogens (tertiary/aromatic N) is 1. The fourth-order valence-corrected chi connectivity index (χ4v) is 2.17. The van der Waals surface area contributed by atoms with Crippen LogP contribution in [0.15, 0.2) is 24.3 Å². The van der Waals surface area contributed by atoms with Crippen LogP contribution in [0.2, 0.25) is 0 Å². The molecule has 0 heterocycles. The number of aryl methyl sites for hydroxylation is 1. The average molecular weight is 301 g/mol. The molecule has 0 aliphatic heterocycles. The number of carbonyl (C=O) groups excluding carboxylic acids is 2. The molecule has 1 aromatic carbocycles. The predicted molar refractivity (Wildman–Crippen MR) is 84.2 cm³/mol. The first-order chi connectivity index (χ1) is 10.1. The number of carbonyl (C=O) groups is 2. The Balaban J connectivity index is 3.32. The van der Waals surface area contributed by atoms with Crippen LogP contribution in [0.25, 0.3) is 0 Å². The first-order valence-electron chi connectivity index (χ1n) is 7.32. The first kappa shape index (κ1) is 17.9. The zero-order valence-electron chi connectivity index (χ0n) is 13.9. The highest BCUT2D eigenvalue weighted by Gasteiger charge is 2.44. The summed E-state index contributed by atoms with van der Waals surface area (Å²) in [5.74, 6) is -0.662. The van der Waals surface area contributed by atoms with Gasteiger partial charge < -0.3 is 9.53 Å². The maximum Gasteiger partial charge on any atom is 0.331 e. The Morgan fingerprint density at radius 2 is 1.91 bits per heavy atom. The molecule has 0 aliphatic rings. The van der Waals surface area contributed by atoms with Gasteiger partial charge >= 0.3 is 5.97 Å². The highest BCUT2D eigenvalue weighted by Crippen LogP contribution is 2.33. The Hall–Kier alpha value is -2.15. The molecule has 1 atom stereocenters. The van der Waals surface area contributed by atoms with Crippen LogP contribution in [0, 0.1) is 18.3 Å². The summed E-state index contributed by atoms with van der Waals surface area (Å²) in [6, 6.07) is 9.34. The first-order valence-corrected chi connectivity index (χ1v) is 7.32. The van der Waals surface area contributed by atoms with Crippen LogP contribution in [0.3, 0.4) is 0 Å². The standard InChI is InChI=1S/C18H23NO3/c1-13-7-6-8-15(11-13)18(12-19,10-9-14(2)20)16(21)22-17(3,4)5/h6-8,11H,9-10H2,1-5H3/t18-/m0/s1. The molecule has 1 rings (SSSR count). The van der Waals surface area contributed by atoms with Crippen molar-refractivity contribution in [2.24, 2.45) is 0 Å². The van der Waals surface area contributed by atoms with Gasteiger partial charge in [0.15, 0.2) is 5.41 Å². The van der Waals surface area contributed by atoms with Gasteiger partial charge in [-0.25, -0.2) is 4.79 Å². The minimum absolute atomic E-state index is 0.0594. The topological polar surface area (TPSA) is 67.2 Å². The summed E-state index contributed by atoms with van der Waals surface area (Å²) in [6.07, 6.45) is 0.276. The molecule has 0 bridgehead atoms. The number of ether oxygens (including phenoxy) is 1. The summed E-state index contributed by atoms with van der Waals surface area (Å²) in [7, 11) is 0. The van der Waals surface area contributed by atoms with Gasteiger partial charge in [-0.2, -0.15) is 5.26 Å². The molecule has 0 N–H and O–H groups in total. The molecule has 0 saturated heterocycles. The summed E-state index contributed by atoms with van der Waals surface area (Å²) < 4.78 is 5.45. The quantitative estimate of drug-likeness (QED) is 0.781. The van der Waals surface area contributed by atoms with Crippen LogP contribution in [-0.2, 0) is 19.7 Å².